The van der Waals surface area contributed by atoms with Gasteiger partial charge in [0.05, 0.1) is 0 Å². The third kappa shape index (κ3) is 1.57. The maximum Gasteiger partial charge on any atom is 0.0214 e. The summed E-state index contributed by atoms with van der Waals surface area (Å²) in [6, 6.07) is 10.7. The topological polar surface area (TPSA) is 12.0 Å². The molecule has 1 nitrogen and oxygen atoms in total. The molecule has 14 heavy (non-hydrogen) atoms. The molecule has 0 atom stereocenters. The Morgan fingerprint density at radius 1 is 1.14 bits per heavy atom. The summed E-state index contributed by atoms with van der Waals surface area (Å²) in [6.45, 7) is 1.05. The average molecular weight is 187 g/mol. The van der Waals surface area contributed by atoms with Crippen LogP contribution in [0.2, 0.25) is 0 Å². The van der Waals surface area contributed by atoms with E-state index >= 15 is 0 Å². The van der Waals surface area contributed by atoms with Crippen LogP contribution in [0.1, 0.15) is 31.2 Å². The maximum atomic E-state index is 3.75. The van der Waals surface area contributed by atoms with Crippen molar-refractivity contribution < 1.29 is 0 Å². The first-order valence-corrected chi connectivity index (χ1v) is 5.68. The molecule has 0 heterocycles. The lowest BCUT2D eigenvalue weighted by molar-refractivity contribution is 0.443. The summed E-state index contributed by atoms with van der Waals surface area (Å²) >= 11 is 0. The quantitative estimate of drug-likeness (QED) is 0.764. The first kappa shape index (κ1) is 8.49. The minimum absolute atomic E-state index is 0.565. The van der Waals surface area contributed by atoms with E-state index < -0.39 is 0 Å². The first-order chi connectivity index (χ1) is 6.89. The summed E-state index contributed by atoms with van der Waals surface area (Å²) in [5, 5.41) is 3.75. The molecule has 74 valence electrons. The molecule has 1 aromatic carbocycles. The minimum atomic E-state index is 0.565. The smallest absolute Gasteiger partial charge is 0.0214 e. The molecular weight excluding hydrogens is 170 g/mol. The van der Waals surface area contributed by atoms with Crippen molar-refractivity contribution in [1.29, 1.82) is 0 Å². The van der Waals surface area contributed by atoms with Crippen molar-refractivity contribution >= 4 is 0 Å². The van der Waals surface area contributed by atoms with Gasteiger partial charge in [0.25, 0.3) is 0 Å². The standard InChI is InChI=1S/C13H17N/c1-2-4-11(5-3-1)10-14-13(8-9-13)12-6-7-12/h1-5,12,14H,6-10H2. The number of hydrogen-bond acceptors (Lipinski definition) is 1. The van der Waals surface area contributed by atoms with Crippen LogP contribution in [0.25, 0.3) is 0 Å². The molecule has 0 radical (unpaired) electrons. The van der Waals surface area contributed by atoms with Gasteiger partial charge in [-0.1, -0.05) is 30.3 Å². The highest BCUT2D eigenvalue weighted by Crippen LogP contribution is 2.53. The molecule has 1 heteroatoms. The summed E-state index contributed by atoms with van der Waals surface area (Å²) in [7, 11) is 0. The third-order valence-corrected chi connectivity index (χ3v) is 3.63. The van der Waals surface area contributed by atoms with Crippen LogP contribution in [0.5, 0.6) is 0 Å². The first-order valence-electron chi connectivity index (χ1n) is 5.68. The van der Waals surface area contributed by atoms with E-state index in [0.717, 1.165) is 12.5 Å². The fraction of sp³-hybridized carbons (Fsp3) is 0.538. The van der Waals surface area contributed by atoms with Gasteiger partial charge in [0.15, 0.2) is 0 Å². The van der Waals surface area contributed by atoms with E-state index in [9.17, 15) is 0 Å². The fourth-order valence-electron chi connectivity index (χ4n) is 2.37. The zero-order valence-electron chi connectivity index (χ0n) is 8.50. The van der Waals surface area contributed by atoms with Crippen molar-refractivity contribution in [3.8, 4) is 0 Å². The molecular formula is C13H17N. The highest BCUT2D eigenvalue weighted by atomic mass is 15.0. The molecule has 2 aliphatic rings. The summed E-state index contributed by atoms with van der Waals surface area (Å²) in [5.74, 6) is 1.01. The zero-order valence-corrected chi connectivity index (χ0v) is 8.50. The van der Waals surface area contributed by atoms with Crippen molar-refractivity contribution in [1.82, 2.24) is 5.32 Å². The summed E-state index contributed by atoms with van der Waals surface area (Å²) in [6.07, 6.45) is 5.73. The van der Waals surface area contributed by atoms with Crippen molar-refractivity contribution in [2.45, 2.75) is 37.8 Å². The summed E-state index contributed by atoms with van der Waals surface area (Å²) in [5.41, 5.74) is 1.98. The molecule has 0 bridgehead atoms. The van der Waals surface area contributed by atoms with Gasteiger partial charge in [-0.25, -0.2) is 0 Å². The van der Waals surface area contributed by atoms with Crippen molar-refractivity contribution in [3.05, 3.63) is 35.9 Å². The van der Waals surface area contributed by atoms with Crippen LogP contribution in [0.4, 0.5) is 0 Å². The van der Waals surface area contributed by atoms with Crippen molar-refractivity contribution in [2.75, 3.05) is 0 Å². The van der Waals surface area contributed by atoms with Gasteiger partial charge < -0.3 is 5.32 Å². The van der Waals surface area contributed by atoms with E-state index in [2.05, 4.69) is 35.6 Å². The van der Waals surface area contributed by atoms with Gasteiger partial charge in [-0.2, -0.15) is 0 Å². The fourth-order valence-corrected chi connectivity index (χ4v) is 2.37. The van der Waals surface area contributed by atoms with E-state index in [1.165, 1.54) is 31.2 Å². The molecule has 2 aliphatic carbocycles. The monoisotopic (exact) mass is 187 g/mol. The Kier molecular flexibility index (Phi) is 1.88. The van der Waals surface area contributed by atoms with Crippen LogP contribution in [0.3, 0.4) is 0 Å². The highest BCUT2D eigenvalue weighted by molar-refractivity contribution is 5.17. The second-order valence-corrected chi connectivity index (χ2v) is 4.77. The minimum Gasteiger partial charge on any atom is -0.307 e. The van der Waals surface area contributed by atoms with Gasteiger partial charge in [0.2, 0.25) is 0 Å². The van der Waals surface area contributed by atoms with Gasteiger partial charge >= 0.3 is 0 Å². The Balaban J connectivity index is 1.59. The van der Waals surface area contributed by atoms with Gasteiger partial charge in [-0.15, -0.1) is 0 Å². The van der Waals surface area contributed by atoms with Crippen LogP contribution >= 0.6 is 0 Å². The molecule has 2 fully saturated rings. The number of hydrogen-bond donors (Lipinski definition) is 1. The number of rotatable bonds is 4. The third-order valence-electron chi connectivity index (χ3n) is 3.63. The lowest BCUT2D eigenvalue weighted by atomic mass is 10.1. The summed E-state index contributed by atoms with van der Waals surface area (Å²) < 4.78 is 0. The predicted octanol–water partition coefficient (Wildman–Crippen LogP) is 2.72. The van der Waals surface area contributed by atoms with E-state index in [4.69, 9.17) is 0 Å². The molecule has 1 aromatic rings. The average Bonchev–Trinajstić information content (AvgIpc) is 3.08. The Morgan fingerprint density at radius 3 is 2.43 bits per heavy atom. The second kappa shape index (κ2) is 3.09. The Morgan fingerprint density at radius 2 is 1.86 bits per heavy atom. The molecule has 1 N–H and O–H groups in total. The number of benzene rings is 1. The normalized spacial score (nSPS) is 23.4. The Bertz CT molecular complexity index is 309. The van der Waals surface area contributed by atoms with Crippen LogP contribution in [0.15, 0.2) is 30.3 Å². The van der Waals surface area contributed by atoms with Crippen LogP contribution < -0.4 is 5.32 Å². The molecule has 0 saturated heterocycles. The molecule has 0 spiro atoms. The molecule has 2 saturated carbocycles. The van der Waals surface area contributed by atoms with Crippen LogP contribution in [0, 0.1) is 5.92 Å². The van der Waals surface area contributed by atoms with E-state index in [-0.39, 0.29) is 0 Å². The maximum absolute atomic E-state index is 3.75. The molecule has 3 rings (SSSR count). The predicted molar refractivity (Wildman–Crippen MR) is 58.0 cm³/mol. The van der Waals surface area contributed by atoms with Gasteiger partial charge in [-0.3, -0.25) is 0 Å². The van der Waals surface area contributed by atoms with Gasteiger partial charge in [0.1, 0.15) is 0 Å². The molecule has 0 aromatic heterocycles. The second-order valence-electron chi connectivity index (χ2n) is 4.77. The highest BCUT2D eigenvalue weighted by Gasteiger charge is 2.53. The summed E-state index contributed by atoms with van der Waals surface area (Å²) in [4.78, 5) is 0. The Hall–Kier alpha value is -0.820. The van der Waals surface area contributed by atoms with E-state index in [0.29, 0.717) is 5.54 Å². The lowest BCUT2D eigenvalue weighted by Gasteiger charge is -2.16. The zero-order chi connectivity index (χ0) is 9.43. The Labute approximate surface area is 85.5 Å². The van der Waals surface area contributed by atoms with Gasteiger partial charge in [0, 0.05) is 12.1 Å². The number of nitrogens with one attached hydrogen (secondary N) is 1. The van der Waals surface area contributed by atoms with Crippen molar-refractivity contribution in [2.24, 2.45) is 5.92 Å². The van der Waals surface area contributed by atoms with Crippen LogP contribution in [-0.4, -0.2) is 5.54 Å². The molecule has 0 amide bonds. The lowest BCUT2D eigenvalue weighted by Crippen LogP contribution is -2.32. The molecule has 0 unspecified atom stereocenters. The largest absolute Gasteiger partial charge is 0.307 e. The van der Waals surface area contributed by atoms with Crippen LogP contribution in [-0.2, 0) is 6.54 Å². The SMILES string of the molecule is c1ccc(CNC2(C3CC3)CC2)cc1. The van der Waals surface area contributed by atoms with E-state index in [1.54, 1.807) is 0 Å². The van der Waals surface area contributed by atoms with Crippen molar-refractivity contribution in [3.63, 3.8) is 0 Å². The van der Waals surface area contributed by atoms with E-state index in [1.807, 2.05) is 0 Å². The molecule has 0 aliphatic heterocycles. The van der Waals surface area contributed by atoms with Gasteiger partial charge in [-0.05, 0) is 37.2 Å².